The van der Waals surface area contributed by atoms with E-state index in [0.29, 0.717) is 0 Å². The predicted molar refractivity (Wildman–Crippen MR) is 106 cm³/mol. The number of hydrogen-bond acceptors (Lipinski definition) is 0. The molecule has 0 saturated carbocycles. The van der Waals surface area contributed by atoms with E-state index in [0.717, 1.165) is 31.2 Å². The summed E-state index contributed by atoms with van der Waals surface area (Å²) >= 11 is 0. The van der Waals surface area contributed by atoms with Crippen LogP contribution in [0, 0.1) is 11.8 Å². The number of hydrogen-bond donors (Lipinski definition) is 0. The van der Waals surface area contributed by atoms with E-state index in [9.17, 15) is 0 Å². The van der Waals surface area contributed by atoms with Crippen molar-refractivity contribution in [2.24, 2.45) is 0 Å². The highest BCUT2D eigenvalue weighted by Crippen LogP contribution is 2.19. The largest absolute Gasteiger partial charge is 0.0658 e. The Hall–Kier alpha value is -2.52. The van der Waals surface area contributed by atoms with Crippen molar-refractivity contribution in [3.8, 4) is 11.8 Å². The molecule has 0 spiro atoms. The molecule has 0 fully saturated rings. The van der Waals surface area contributed by atoms with Crippen molar-refractivity contribution >= 4 is 6.08 Å². The van der Waals surface area contributed by atoms with E-state index in [1.165, 1.54) is 16.7 Å². The lowest BCUT2D eigenvalue weighted by atomic mass is 9.98. The van der Waals surface area contributed by atoms with Gasteiger partial charge in [0.05, 0.1) is 0 Å². The minimum Gasteiger partial charge on any atom is -0.0658 e. The van der Waals surface area contributed by atoms with E-state index in [4.69, 9.17) is 0 Å². The second-order valence-corrected chi connectivity index (χ2v) is 5.86. The Bertz CT molecular complexity index is 722. The molecule has 0 saturated heterocycles. The molecule has 0 aromatic heterocycles. The van der Waals surface area contributed by atoms with Crippen LogP contribution in [0.5, 0.6) is 0 Å². The average molecular weight is 314 g/mol. The molecule has 0 amide bonds. The lowest BCUT2D eigenvalue weighted by Gasteiger charge is -2.06. The van der Waals surface area contributed by atoms with Crippen LogP contribution in [0.4, 0.5) is 0 Å². The Morgan fingerprint density at radius 1 is 0.833 bits per heavy atom. The summed E-state index contributed by atoms with van der Waals surface area (Å²) in [5, 5.41) is 0. The van der Waals surface area contributed by atoms with Gasteiger partial charge < -0.3 is 0 Å². The summed E-state index contributed by atoms with van der Waals surface area (Å²) in [6.45, 7) is 4.44. The summed E-state index contributed by atoms with van der Waals surface area (Å²) in [5.74, 6) is 6.76. The minimum atomic E-state index is 1.04. The molecule has 0 radical (unpaired) electrons. The fraction of sp³-hybridized carbons (Fsp3) is 0.250. The van der Waals surface area contributed by atoms with Gasteiger partial charge in [-0.1, -0.05) is 99.2 Å². The molecule has 0 atom stereocenters. The van der Waals surface area contributed by atoms with E-state index in [-0.39, 0.29) is 0 Å². The van der Waals surface area contributed by atoms with Crippen LogP contribution in [0.2, 0.25) is 0 Å². The maximum Gasteiger partial charge on any atom is 0.0248 e. The summed E-state index contributed by atoms with van der Waals surface area (Å²) in [7, 11) is 0. The summed E-state index contributed by atoms with van der Waals surface area (Å²) in [6, 6.07) is 20.7. The topological polar surface area (TPSA) is 0 Å². The van der Waals surface area contributed by atoms with Crippen molar-refractivity contribution in [1.29, 1.82) is 0 Å². The molecule has 0 heteroatoms. The highest BCUT2D eigenvalue weighted by Gasteiger charge is 2.01. The first-order valence-corrected chi connectivity index (χ1v) is 8.85. The Balaban J connectivity index is 2.32. The lowest BCUT2D eigenvalue weighted by molar-refractivity contribution is 0.875. The molecule has 0 heterocycles. The molecule has 0 bridgehead atoms. The summed E-state index contributed by atoms with van der Waals surface area (Å²) < 4.78 is 0. The third-order valence-corrected chi connectivity index (χ3v) is 3.82. The first-order valence-electron chi connectivity index (χ1n) is 8.85. The fourth-order valence-electron chi connectivity index (χ4n) is 2.59. The van der Waals surface area contributed by atoms with Crippen LogP contribution < -0.4 is 0 Å². The molecule has 0 unspecified atom stereocenters. The standard InChI is InChI=1S/C24H26/c1-3-11-23(19-17-21-13-7-5-8-14-21)24(12-4-2)20-18-22-15-9-6-10-16-22/h5-10,13-17,19H,3-4,11-12H2,1-2H3/b19-17+,24-23+. The number of allylic oxidation sites excluding steroid dienone is 3. The van der Waals surface area contributed by atoms with Crippen molar-refractivity contribution in [3.63, 3.8) is 0 Å². The summed E-state index contributed by atoms with van der Waals surface area (Å²) in [6.07, 6.45) is 8.81. The van der Waals surface area contributed by atoms with E-state index >= 15 is 0 Å². The summed E-state index contributed by atoms with van der Waals surface area (Å²) in [5.41, 5.74) is 4.95. The average Bonchev–Trinajstić information content (AvgIpc) is 2.64. The van der Waals surface area contributed by atoms with Crippen molar-refractivity contribution in [2.75, 3.05) is 0 Å². The zero-order valence-electron chi connectivity index (χ0n) is 14.8. The number of rotatable bonds is 6. The SMILES string of the molecule is CCC/C(C#Cc1ccccc1)=C(\C=C\c1ccccc1)CCC. The minimum absolute atomic E-state index is 1.04. The van der Waals surface area contributed by atoms with Crippen molar-refractivity contribution in [1.82, 2.24) is 0 Å². The quantitative estimate of drug-likeness (QED) is 0.413. The second kappa shape index (κ2) is 10.3. The van der Waals surface area contributed by atoms with Gasteiger partial charge in [0.15, 0.2) is 0 Å². The third kappa shape index (κ3) is 5.94. The molecule has 0 N–H and O–H groups in total. The smallest absolute Gasteiger partial charge is 0.0248 e. The van der Waals surface area contributed by atoms with Crippen LogP contribution in [0.25, 0.3) is 6.08 Å². The van der Waals surface area contributed by atoms with Crippen LogP contribution in [-0.2, 0) is 0 Å². The Morgan fingerprint density at radius 3 is 2.08 bits per heavy atom. The Morgan fingerprint density at radius 2 is 1.46 bits per heavy atom. The first-order chi connectivity index (χ1) is 11.8. The molecule has 24 heavy (non-hydrogen) atoms. The highest BCUT2D eigenvalue weighted by atomic mass is 14.1. The fourth-order valence-corrected chi connectivity index (χ4v) is 2.59. The van der Waals surface area contributed by atoms with Gasteiger partial charge in [0, 0.05) is 11.1 Å². The highest BCUT2D eigenvalue weighted by molar-refractivity contribution is 5.55. The van der Waals surface area contributed by atoms with Gasteiger partial charge in [0.1, 0.15) is 0 Å². The van der Waals surface area contributed by atoms with Crippen molar-refractivity contribution in [2.45, 2.75) is 39.5 Å². The van der Waals surface area contributed by atoms with Gasteiger partial charge in [-0.25, -0.2) is 0 Å². The zero-order chi connectivity index (χ0) is 17.0. The van der Waals surface area contributed by atoms with Gasteiger partial charge in [0.25, 0.3) is 0 Å². The zero-order valence-corrected chi connectivity index (χ0v) is 14.8. The first kappa shape index (κ1) is 17.8. The molecule has 0 aliphatic carbocycles. The molecule has 122 valence electrons. The molecule has 2 rings (SSSR count). The van der Waals surface area contributed by atoms with Crippen molar-refractivity contribution < 1.29 is 0 Å². The molecular formula is C24H26. The van der Waals surface area contributed by atoms with E-state index in [1.54, 1.807) is 0 Å². The van der Waals surface area contributed by atoms with Crippen LogP contribution in [-0.4, -0.2) is 0 Å². The van der Waals surface area contributed by atoms with Crippen LogP contribution >= 0.6 is 0 Å². The van der Waals surface area contributed by atoms with Crippen LogP contribution in [0.1, 0.15) is 50.7 Å². The Kier molecular flexibility index (Phi) is 7.64. The van der Waals surface area contributed by atoms with Crippen LogP contribution in [0.15, 0.2) is 77.9 Å². The maximum absolute atomic E-state index is 3.44. The monoisotopic (exact) mass is 314 g/mol. The molecule has 2 aromatic carbocycles. The maximum atomic E-state index is 3.44. The van der Waals surface area contributed by atoms with Gasteiger partial charge >= 0.3 is 0 Å². The van der Waals surface area contributed by atoms with Gasteiger partial charge in [-0.15, -0.1) is 0 Å². The van der Waals surface area contributed by atoms with Crippen molar-refractivity contribution in [3.05, 3.63) is 89.0 Å². The van der Waals surface area contributed by atoms with Crippen LogP contribution in [0.3, 0.4) is 0 Å². The normalized spacial score (nSPS) is 11.8. The molecule has 0 nitrogen and oxygen atoms in total. The second-order valence-electron chi connectivity index (χ2n) is 5.86. The van der Waals surface area contributed by atoms with Gasteiger partial charge in [-0.3, -0.25) is 0 Å². The number of benzene rings is 2. The summed E-state index contributed by atoms with van der Waals surface area (Å²) in [4.78, 5) is 0. The molecule has 2 aromatic rings. The van der Waals surface area contributed by atoms with E-state index in [1.807, 2.05) is 24.3 Å². The van der Waals surface area contributed by atoms with Gasteiger partial charge in [-0.2, -0.15) is 0 Å². The lowest BCUT2D eigenvalue weighted by Crippen LogP contribution is -1.89. The Labute approximate surface area is 146 Å². The van der Waals surface area contributed by atoms with E-state index < -0.39 is 0 Å². The van der Waals surface area contributed by atoms with E-state index in [2.05, 4.69) is 74.2 Å². The third-order valence-electron chi connectivity index (χ3n) is 3.82. The molecular weight excluding hydrogens is 288 g/mol. The molecule has 0 aliphatic heterocycles. The van der Waals surface area contributed by atoms with Gasteiger partial charge in [-0.05, 0) is 36.1 Å². The predicted octanol–water partition coefficient (Wildman–Crippen LogP) is 6.65. The van der Waals surface area contributed by atoms with Gasteiger partial charge in [0.2, 0.25) is 0 Å². The molecule has 0 aliphatic rings.